The van der Waals surface area contributed by atoms with Crippen molar-refractivity contribution in [3.05, 3.63) is 48.0 Å². The van der Waals surface area contributed by atoms with Gasteiger partial charge in [-0.2, -0.15) is 0 Å². The maximum atomic E-state index is 12.5. The molecule has 0 atom stereocenters. The van der Waals surface area contributed by atoms with Crippen molar-refractivity contribution < 1.29 is 14.3 Å². The van der Waals surface area contributed by atoms with Crippen molar-refractivity contribution in [2.75, 3.05) is 41.9 Å². The Kier molecular flexibility index (Phi) is 7.44. The second-order valence-electron chi connectivity index (χ2n) is 6.52. The molecule has 28 heavy (non-hydrogen) atoms. The molecule has 2 amide bonds. The smallest absolute Gasteiger partial charge is 0.244 e. The highest BCUT2D eigenvalue weighted by molar-refractivity contribution is 6.02. The second-order valence-corrected chi connectivity index (χ2v) is 6.52. The molecular formula is C22H29N3O3. The number of aryl methyl sites for hydroxylation is 1. The molecule has 0 bridgehead atoms. The standard InChI is InChI=1S/C22H29N3O3/c1-6-24(7-2)19-10-13-21(16(3)14-19)25(17(4)26)15-22(27)23-18-8-11-20(28-5)12-9-18/h8-14H,6-7,15H2,1-5H3,(H,23,27). The third-order valence-corrected chi connectivity index (χ3v) is 4.66. The summed E-state index contributed by atoms with van der Waals surface area (Å²) < 4.78 is 5.11. The molecule has 150 valence electrons. The molecule has 1 N–H and O–H groups in total. The van der Waals surface area contributed by atoms with E-state index in [1.54, 1.807) is 31.4 Å². The van der Waals surface area contributed by atoms with E-state index in [0.717, 1.165) is 30.0 Å². The van der Waals surface area contributed by atoms with Gasteiger partial charge in [-0.3, -0.25) is 9.59 Å². The number of hydrogen-bond donors (Lipinski definition) is 1. The molecule has 0 aromatic heterocycles. The third-order valence-electron chi connectivity index (χ3n) is 4.66. The van der Waals surface area contributed by atoms with Gasteiger partial charge in [0, 0.05) is 37.1 Å². The molecule has 0 unspecified atom stereocenters. The maximum Gasteiger partial charge on any atom is 0.244 e. The molecule has 0 aliphatic heterocycles. The van der Waals surface area contributed by atoms with Crippen LogP contribution in [0.5, 0.6) is 5.75 Å². The SMILES string of the molecule is CCN(CC)c1ccc(N(CC(=O)Nc2ccc(OC)cc2)C(C)=O)c(C)c1. The maximum absolute atomic E-state index is 12.5. The van der Waals surface area contributed by atoms with E-state index in [2.05, 4.69) is 30.1 Å². The number of amides is 2. The van der Waals surface area contributed by atoms with Crippen molar-refractivity contribution in [2.24, 2.45) is 0 Å². The summed E-state index contributed by atoms with van der Waals surface area (Å²) in [5.41, 5.74) is 3.46. The Hall–Kier alpha value is -3.02. The number of anilines is 3. The molecule has 2 aromatic carbocycles. The highest BCUT2D eigenvalue weighted by Gasteiger charge is 2.18. The van der Waals surface area contributed by atoms with E-state index >= 15 is 0 Å². The molecule has 0 fully saturated rings. The number of hydrogen-bond acceptors (Lipinski definition) is 4. The number of carbonyl (C=O) groups is 2. The van der Waals surface area contributed by atoms with Gasteiger partial charge in [0.2, 0.25) is 11.8 Å². The van der Waals surface area contributed by atoms with Crippen LogP contribution in [0.3, 0.4) is 0 Å². The van der Waals surface area contributed by atoms with Gasteiger partial charge in [0.1, 0.15) is 12.3 Å². The molecule has 6 nitrogen and oxygen atoms in total. The van der Waals surface area contributed by atoms with Crippen LogP contribution in [-0.4, -0.2) is 38.6 Å². The van der Waals surface area contributed by atoms with Crippen LogP contribution in [0.4, 0.5) is 17.1 Å². The van der Waals surface area contributed by atoms with Gasteiger partial charge < -0.3 is 19.9 Å². The number of nitrogens with zero attached hydrogens (tertiary/aromatic N) is 2. The Morgan fingerprint density at radius 2 is 1.68 bits per heavy atom. The molecule has 2 rings (SSSR count). The van der Waals surface area contributed by atoms with Crippen molar-refractivity contribution in [1.29, 1.82) is 0 Å². The minimum atomic E-state index is -0.257. The first-order valence-corrected chi connectivity index (χ1v) is 9.47. The van der Waals surface area contributed by atoms with Crippen LogP contribution in [0.15, 0.2) is 42.5 Å². The fourth-order valence-corrected chi connectivity index (χ4v) is 3.11. The van der Waals surface area contributed by atoms with Crippen molar-refractivity contribution in [3.8, 4) is 5.75 Å². The lowest BCUT2D eigenvalue weighted by Gasteiger charge is -2.26. The van der Waals surface area contributed by atoms with Crippen LogP contribution in [-0.2, 0) is 9.59 Å². The summed E-state index contributed by atoms with van der Waals surface area (Å²) in [6, 6.07) is 13.0. The first-order chi connectivity index (χ1) is 13.4. The summed E-state index contributed by atoms with van der Waals surface area (Å²) in [5, 5.41) is 2.82. The fraction of sp³-hybridized carbons (Fsp3) is 0.364. The summed E-state index contributed by atoms with van der Waals surface area (Å²) in [6.07, 6.45) is 0. The van der Waals surface area contributed by atoms with Gasteiger partial charge in [-0.1, -0.05) is 0 Å². The summed E-state index contributed by atoms with van der Waals surface area (Å²) in [7, 11) is 1.59. The van der Waals surface area contributed by atoms with Gasteiger partial charge in [0.25, 0.3) is 0 Å². The van der Waals surface area contributed by atoms with Crippen LogP contribution in [0.1, 0.15) is 26.3 Å². The average Bonchev–Trinajstić information content (AvgIpc) is 2.68. The van der Waals surface area contributed by atoms with Crippen LogP contribution in [0, 0.1) is 6.92 Å². The Labute approximate surface area is 167 Å². The van der Waals surface area contributed by atoms with Crippen molar-refractivity contribution in [2.45, 2.75) is 27.7 Å². The van der Waals surface area contributed by atoms with E-state index in [1.807, 2.05) is 19.1 Å². The zero-order valence-electron chi connectivity index (χ0n) is 17.3. The first kappa shape index (κ1) is 21.3. The van der Waals surface area contributed by atoms with Gasteiger partial charge in [-0.25, -0.2) is 0 Å². The van der Waals surface area contributed by atoms with Crippen LogP contribution >= 0.6 is 0 Å². The second kappa shape index (κ2) is 9.78. The minimum absolute atomic E-state index is 0.0488. The van der Waals surface area contributed by atoms with E-state index in [0.29, 0.717) is 11.4 Å². The Bertz CT molecular complexity index is 814. The zero-order chi connectivity index (χ0) is 20.7. The number of benzene rings is 2. The average molecular weight is 383 g/mol. The first-order valence-electron chi connectivity index (χ1n) is 9.47. The van der Waals surface area contributed by atoms with Crippen molar-refractivity contribution in [3.63, 3.8) is 0 Å². The molecule has 0 spiro atoms. The quantitative estimate of drug-likeness (QED) is 0.752. The van der Waals surface area contributed by atoms with Crippen molar-refractivity contribution in [1.82, 2.24) is 0 Å². The number of carbonyl (C=O) groups excluding carboxylic acids is 2. The summed E-state index contributed by atoms with van der Waals surface area (Å²) in [6.45, 7) is 9.42. The molecule has 0 saturated heterocycles. The van der Waals surface area contributed by atoms with E-state index in [-0.39, 0.29) is 18.4 Å². The highest BCUT2D eigenvalue weighted by atomic mass is 16.5. The predicted octanol–water partition coefficient (Wildman–Crippen LogP) is 3.84. The van der Waals surface area contributed by atoms with Gasteiger partial charge in [0.05, 0.1) is 7.11 Å². The topological polar surface area (TPSA) is 61.9 Å². The monoisotopic (exact) mass is 383 g/mol. The number of rotatable bonds is 8. The van der Waals surface area contributed by atoms with Gasteiger partial charge in [-0.15, -0.1) is 0 Å². The third kappa shape index (κ3) is 5.25. The lowest BCUT2D eigenvalue weighted by atomic mass is 10.1. The lowest BCUT2D eigenvalue weighted by Crippen LogP contribution is -2.37. The fourth-order valence-electron chi connectivity index (χ4n) is 3.11. The summed E-state index contributed by atoms with van der Waals surface area (Å²) in [5.74, 6) is 0.281. The lowest BCUT2D eigenvalue weighted by molar-refractivity contribution is -0.120. The molecule has 0 saturated carbocycles. The number of nitrogens with one attached hydrogen (secondary N) is 1. The van der Waals surface area contributed by atoms with E-state index < -0.39 is 0 Å². The Morgan fingerprint density at radius 3 is 2.18 bits per heavy atom. The molecule has 6 heteroatoms. The van der Waals surface area contributed by atoms with Crippen LogP contribution in [0.2, 0.25) is 0 Å². The molecular weight excluding hydrogens is 354 g/mol. The normalized spacial score (nSPS) is 10.3. The predicted molar refractivity (Wildman–Crippen MR) is 114 cm³/mol. The van der Waals surface area contributed by atoms with Gasteiger partial charge in [-0.05, 0) is 68.8 Å². The van der Waals surface area contributed by atoms with Gasteiger partial charge >= 0.3 is 0 Å². The minimum Gasteiger partial charge on any atom is -0.497 e. The molecule has 2 aromatic rings. The van der Waals surface area contributed by atoms with E-state index in [1.165, 1.54) is 11.8 Å². The van der Waals surface area contributed by atoms with Gasteiger partial charge in [0.15, 0.2) is 0 Å². The summed E-state index contributed by atoms with van der Waals surface area (Å²) >= 11 is 0. The van der Waals surface area contributed by atoms with E-state index in [9.17, 15) is 9.59 Å². The molecule has 0 radical (unpaired) electrons. The molecule has 0 heterocycles. The van der Waals surface area contributed by atoms with Crippen LogP contribution < -0.4 is 19.9 Å². The molecule has 0 aliphatic rings. The largest absolute Gasteiger partial charge is 0.497 e. The zero-order valence-corrected chi connectivity index (χ0v) is 17.3. The number of ether oxygens (including phenoxy) is 1. The Balaban J connectivity index is 2.16. The number of methoxy groups -OCH3 is 1. The van der Waals surface area contributed by atoms with E-state index in [4.69, 9.17) is 4.74 Å². The van der Waals surface area contributed by atoms with Crippen LogP contribution in [0.25, 0.3) is 0 Å². The Morgan fingerprint density at radius 1 is 1.04 bits per heavy atom. The summed E-state index contributed by atoms with van der Waals surface area (Å²) in [4.78, 5) is 28.4. The van der Waals surface area contributed by atoms with Crippen molar-refractivity contribution >= 4 is 28.9 Å². The molecule has 0 aliphatic carbocycles. The highest BCUT2D eigenvalue weighted by Crippen LogP contribution is 2.26.